The van der Waals surface area contributed by atoms with E-state index in [0.717, 1.165) is 48.3 Å². The Morgan fingerprint density at radius 3 is 2.54 bits per heavy atom. The Bertz CT molecular complexity index is 1420. The zero-order valence-electron chi connectivity index (χ0n) is 18.2. The molecule has 1 aliphatic rings. The first-order valence-corrected chi connectivity index (χ1v) is 10.8. The Balaban J connectivity index is 1.37. The molecule has 4 aromatic rings. The SMILES string of the molecule is O=C(Nc1ccc(Nc2ccnc3ncc4c(c23)CCNC4)cc1)c1ccc(F)cc1C(F)(F)F. The summed E-state index contributed by atoms with van der Waals surface area (Å²) in [5, 5.41) is 10.0. The van der Waals surface area contributed by atoms with E-state index < -0.39 is 29.0 Å². The van der Waals surface area contributed by atoms with Crippen molar-refractivity contribution in [2.24, 2.45) is 0 Å². The maximum Gasteiger partial charge on any atom is 0.417 e. The lowest BCUT2D eigenvalue weighted by atomic mass is 9.98. The van der Waals surface area contributed by atoms with Gasteiger partial charge in [0.1, 0.15) is 5.82 Å². The Hall–Kier alpha value is -4.05. The molecule has 0 unspecified atom stereocenters. The van der Waals surface area contributed by atoms with Crippen molar-refractivity contribution in [3.8, 4) is 0 Å². The van der Waals surface area contributed by atoms with Crippen LogP contribution >= 0.6 is 0 Å². The molecule has 2 aromatic carbocycles. The third-order valence-electron chi connectivity index (χ3n) is 5.78. The van der Waals surface area contributed by atoms with Crippen LogP contribution in [-0.4, -0.2) is 22.4 Å². The number of benzene rings is 2. The average molecular weight is 481 g/mol. The molecule has 0 saturated carbocycles. The fourth-order valence-corrected chi connectivity index (χ4v) is 4.14. The molecule has 0 spiro atoms. The van der Waals surface area contributed by atoms with E-state index in [0.29, 0.717) is 23.1 Å². The molecule has 178 valence electrons. The number of pyridine rings is 2. The minimum atomic E-state index is -4.86. The van der Waals surface area contributed by atoms with E-state index in [4.69, 9.17) is 0 Å². The lowest BCUT2D eigenvalue weighted by Gasteiger charge is -2.20. The van der Waals surface area contributed by atoms with Crippen LogP contribution in [0.3, 0.4) is 0 Å². The molecule has 3 N–H and O–H groups in total. The predicted molar refractivity (Wildman–Crippen MR) is 124 cm³/mol. The molecule has 1 aliphatic heterocycles. The molecule has 0 radical (unpaired) electrons. The number of carbonyl (C=O) groups excluding carboxylic acids is 1. The minimum Gasteiger partial charge on any atom is -0.355 e. The molecule has 0 bridgehead atoms. The number of fused-ring (bicyclic) bond motifs is 3. The fourth-order valence-electron chi connectivity index (χ4n) is 4.14. The van der Waals surface area contributed by atoms with Crippen molar-refractivity contribution in [1.29, 1.82) is 0 Å². The van der Waals surface area contributed by atoms with Gasteiger partial charge in [-0.3, -0.25) is 4.79 Å². The van der Waals surface area contributed by atoms with Crippen molar-refractivity contribution < 1.29 is 22.4 Å². The summed E-state index contributed by atoms with van der Waals surface area (Å²) >= 11 is 0. The van der Waals surface area contributed by atoms with Gasteiger partial charge in [-0.15, -0.1) is 0 Å². The van der Waals surface area contributed by atoms with Crippen LogP contribution in [-0.2, 0) is 19.1 Å². The smallest absolute Gasteiger partial charge is 0.355 e. The summed E-state index contributed by atoms with van der Waals surface area (Å²) in [7, 11) is 0. The molecule has 10 heteroatoms. The highest BCUT2D eigenvalue weighted by Gasteiger charge is 2.35. The molecule has 6 nitrogen and oxygen atoms in total. The third-order valence-corrected chi connectivity index (χ3v) is 5.78. The molecule has 0 fully saturated rings. The first-order chi connectivity index (χ1) is 16.8. The normalized spacial score (nSPS) is 13.4. The summed E-state index contributed by atoms with van der Waals surface area (Å²) in [5.74, 6) is -2.05. The van der Waals surface area contributed by atoms with E-state index in [1.807, 2.05) is 12.3 Å². The Morgan fingerprint density at radius 1 is 1.00 bits per heavy atom. The third kappa shape index (κ3) is 4.65. The van der Waals surface area contributed by atoms with E-state index in [9.17, 15) is 22.4 Å². The quantitative estimate of drug-likeness (QED) is 0.339. The molecular formula is C25H19F4N5O. The molecule has 5 rings (SSSR count). The van der Waals surface area contributed by atoms with Crippen molar-refractivity contribution in [3.05, 3.63) is 89.0 Å². The molecule has 1 amide bonds. The van der Waals surface area contributed by atoms with Gasteiger partial charge in [0.15, 0.2) is 5.65 Å². The van der Waals surface area contributed by atoms with Crippen LogP contribution in [0.15, 0.2) is 60.9 Å². The number of amides is 1. The number of anilines is 3. The summed E-state index contributed by atoms with van der Waals surface area (Å²) in [6.07, 6.45) is -0.507. The van der Waals surface area contributed by atoms with Crippen molar-refractivity contribution in [3.63, 3.8) is 0 Å². The van der Waals surface area contributed by atoms with E-state index in [1.165, 1.54) is 5.56 Å². The van der Waals surface area contributed by atoms with Gasteiger partial charge in [-0.25, -0.2) is 14.4 Å². The Morgan fingerprint density at radius 2 is 1.77 bits per heavy atom. The van der Waals surface area contributed by atoms with E-state index in [1.54, 1.807) is 30.5 Å². The van der Waals surface area contributed by atoms with Crippen LogP contribution in [0.25, 0.3) is 11.0 Å². The number of nitrogens with one attached hydrogen (secondary N) is 3. The van der Waals surface area contributed by atoms with Gasteiger partial charge in [-0.05, 0) is 72.6 Å². The second-order valence-electron chi connectivity index (χ2n) is 8.09. The molecular weight excluding hydrogens is 462 g/mol. The first-order valence-electron chi connectivity index (χ1n) is 10.8. The Labute approximate surface area is 197 Å². The summed E-state index contributed by atoms with van der Waals surface area (Å²) in [6.45, 7) is 1.60. The number of nitrogens with zero attached hydrogens (tertiary/aromatic N) is 2. The van der Waals surface area contributed by atoms with E-state index in [2.05, 4.69) is 25.9 Å². The summed E-state index contributed by atoms with van der Waals surface area (Å²) < 4.78 is 53.0. The molecule has 2 aromatic heterocycles. The van der Waals surface area contributed by atoms with E-state index >= 15 is 0 Å². The van der Waals surface area contributed by atoms with E-state index in [-0.39, 0.29) is 0 Å². The predicted octanol–water partition coefficient (Wildman–Crippen LogP) is 5.43. The number of aromatic nitrogens is 2. The van der Waals surface area contributed by atoms with Crippen molar-refractivity contribution in [2.45, 2.75) is 19.1 Å². The van der Waals surface area contributed by atoms with Crippen LogP contribution in [0, 0.1) is 5.82 Å². The lowest BCUT2D eigenvalue weighted by molar-refractivity contribution is -0.138. The molecule has 0 atom stereocenters. The zero-order valence-corrected chi connectivity index (χ0v) is 18.2. The van der Waals surface area contributed by atoms with Gasteiger partial charge < -0.3 is 16.0 Å². The number of hydrogen-bond donors (Lipinski definition) is 3. The monoisotopic (exact) mass is 481 g/mol. The van der Waals surface area contributed by atoms with Crippen molar-refractivity contribution in [1.82, 2.24) is 15.3 Å². The Kier molecular flexibility index (Phi) is 5.81. The van der Waals surface area contributed by atoms with Crippen molar-refractivity contribution >= 4 is 34.0 Å². The van der Waals surface area contributed by atoms with Gasteiger partial charge >= 0.3 is 6.18 Å². The number of halogens is 4. The second-order valence-corrected chi connectivity index (χ2v) is 8.09. The average Bonchev–Trinajstić information content (AvgIpc) is 2.84. The fraction of sp³-hybridized carbons (Fsp3) is 0.160. The van der Waals surface area contributed by atoms with Gasteiger partial charge in [0.2, 0.25) is 0 Å². The summed E-state index contributed by atoms with van der Waals surface area (Å²) in [4.78, 5) is 21.3. The second kappa shape index (κ2) is 8.95. The standard InChI is InChI=1S/C25H19F4N5O/c26-15-1-6-19(20(11-15)25(27,28)29)24(35)34-17-4-2-16(3-5-17)33-21-8-10-31-23-22(21)18-7-9-30-12-14(18)13-32-23/h1-6,8,10-11,13,30H,7,9,12H2,(H,34,35)(H,31,32,33). The maximum atomic E-state index is 13.3. The molecule has 3 heterocycles. The van der Waals surface area contributed by atoms with Gasteiger partial charge in [-0.2, -0.15) is 13.2 Å². The number of hydrogen-bond acceptors (Lipinski definition) is 5. The van der Waals surface area contributed by atoms with Gasteiger partial charge in [0.05, 0.1) is 16.8 Å². The first kappa shape index (κ1) is 22.7. The number of rotatable bonds is 4. The summed E-state index contributed by atoms with van der Waals surface area (Å²) in [6, 6.07) is 10.3. The maximum absolute atomic E-state index is 13.3. The van der Waals surface area contributed by atoms with Crippen molar-refractivity contribution in [2.75, 3.05) is 17.2 Å². The van der Waals surface area contributed by atoms with Crippen LogP contribution < -0.4 is 16.0 Å². The molecule has 0 aliphatic carbocycles. The van der Waals surface area contributed by atoms with Gasteiger partial charge in [0.25, 0.3) is 5.91 Å². The lowest BCUT2D eigenvalue weighted by Crippen LogP contribution is -2.24. The molecule has 35 heavy (non-hydrogen) atoms. The topological polar surface area (TPSA) is 78.9 Å². The number of carbonyl (C=O) groups is 1. The molecule has 0 saturated heterocycles. The van der Waals surface area contributed by atoms with Gasteiger partial charge in [0, 0.05) is 35.7 Å². The largest absolute Gasteiger partial charge is 0.417 e. The van der Waals surface area contributed by atoms with Crippen LogP contribution in [0.5, 0.6) is 0 Å². The number of alkyl halides is 3. The highest BCUT2D eigenvalue weighted by Crippen LogP contribution is 2.33. The van der Waals surface area contributed by atoms with Crippen LogP contribution in [0.4, 0.5) is 34.6 Å². The van der Waals surface area contributed by atoms with Crippen LogP contribution in [0.1, 0.15) is 27.0 Å². The highest BCUT2D eigenvalue weighted by molar-refractivity contribution is 6.05. The summed E-state index contributed by atoms with van der Waals surface area (Å²) in [5.41, 5.74) is 2.80. The van der Waals surface area contributed by atoms with Gasteiger partial charge in [-0.1, -0.05) is 0 Å². The minimum absolute atomic E-state index is 0.294. The van der Waals surface area contributed by atoms with Crippen LogP contribution in [0.2, 0.25) is 0 Å². The zero-order chi connectivity index (χ0) is 24.6. The highest BCUT2D eigenvalue weighted by atomic mass is 19.4.